The van der Waals surface area contributed by atoms with Gasteiger partial charge in [0.2, 0.25) is 0 Å². The lowest BCUT2D eigenvalue weighted by Crippen LogP contribution is -2.22. The van der Waals surface area contributed by atoms with E-state index in [4.69, 9.17) is 22.7 Å². The molecule has 0 aliphatic heterocycles. The number of methoxy groups -OCH3 is 1. The van der Waals surface area contributed by atoms with Gasteiger partial charge in [-0.25, -0.2) is 0 Å². The maximum atomic E-state index is 5.75. The van der Waals surface area contributed by atoms with Gasteiger partial charge in [0, 0.05) is 13.7 Å². The zero-order valence-corrected chi connectivity index (χ0v) is 12.1. The number of nitrogens with zero attached hydrogens (tertiary/aromatic N) is 2. The Kier molecular flexibility index (Phi) is 5.43. The predicted octanol–water partition coefficient (Wildman–Crippen LogP) is 1.42. The molecule has 0 radical (unpaired) electrons. The second-order valence-electron chi connectivity index (χ2n) is 4.44. The molecule has 0 aliphatic rings. The quantitative estimate of drug-likeness (QED) is 0.760. The highest BCUT2D eigenvalue weighted by atomic mass is 32.1. The molecule has 1 aromatic rings. The first-order valence-corrected chi connectivity index (χ1v) is 6.24. The molecule has 0 saturated carbocycles. The number of nitrogens with one attached hydrogen (secondary N) is 1. The highest BCUT2D eigenvalue weighted by Crippen LogP contribution is 2.18. The van der Waals surface area contributed by atoms with Crippen LogP contribution in [0.3, 0.4) is 0 Å². The lowest BCUT2D eigenvalue weighted by Gasteiger charge is -2.15. The third kappa shape index (κ3) is 3.61. The topological polar surface area (TPSA) is 73.1 Å². The van der Waals surface area contributed by atoms with Crippen LogP contribution in [0.15, 0.2) is 0 Å². The van der Waals surface area contributed by atoms with Gasteiger partial charge >= 0.3 is 0 Å². The van der Waals surface area contributed by atoms with Crippen molar-refractivity contribution in [3.63, 3.8) is 0 Å². The Labute approximate surface area is 113 Å². The molecule has 1 aromatic heterocycles. The van der Waals surface area contributed by atoms with Crippen LogP contribution in [-0.2, 0) is 4.74 Å². The predicted molar refractivity (Wildman–Crippen MR) is 76.9 cm³/mol. The van der Waals surface area contributed by atoms with E-state index < -0.39 is 0 Å². The van der Waals surface area contributed by atoms with Crippen molar-refractivity contribution in [1.82, 2.24) is 10.2 Å². The van der Waals surface area contributed by atoms with Gasteiger partial charge in [-0.15, -0.1) is 5.10 Å². The number of anilines is 1. The zero-order valence-electron chi connectivity index (χ0n) is 11.3. The molecule has 18 heavy (non-hydrogen) atoms. The van der Waals surface area contributed by atoms with E-state index in [9.17, 15) is 0 Å². The fourth-order valence-electron chi connectivity index (χ4n) is 1.65. The van der Waals surface area contributed by atoms with Crippen LogP contribution in [0, 0.1) is 19.8 Å². The van der Waals surface area contributed by atoms with Gasteiger partial charge in [0.1, 0.15) is 4.99 Å². The summed E-state index contributed by atoms with van der Waals surface area (Å²) < 4.78 is 5.09. The molecule has 0 aromatic carbocycles. The minimum Gasteiger partial charge on any atom is -0.389 e. The molecule has 6 heteroatoms. The van der Waals surface area contributed by atoms with Crippen molar-refractivity contribution in [3.05, 3.63) is 16.8 Å². The van der Waals surface area contributed by atoms with E-state index in [1.807, 2.05) is 13.8 Å². The molecular weight excluding hydrogens is 248 g/mol. The molecule has 5 nitrogen and oxygen atoms in total. The van der Waals surface area contributed by atoms with Crippen LogP contribution in [0.25, 0.3) is 0 Å². The first-order chi connectivity index (χ1) is 8.47. The first kappa shape index (κ1) is 14.8. The maximum absolute atomic E-state index is 5.75. The molecule has 1 unspecified atom stereocenters. The lowest BCUT2D eigenvalue weighted by molar-refractivity contribution is 0.164. The van der Waals surface area contributed by atoms with E-state index in [1.54, 1.807) is 7.11 Å². The number of hydrogen-bond acceptors (Lipinski definition) is 5. The van der Waals surface area contributed by atoms with Gasteiger partial charge in [0.05, 0.1) is 17.9 Å². The van der Waals surface area contributed by atoms with Crippen LogP contribution < -0.4 is 11.1 Å². The third-order valence-electron chi connectivity index (χ3n) is 2.77. The molecule has 0 amide bonds. The first-order valence-electron chi connectivity index (χ1n) is 5.83. The van der Waals surface area contributed by atoms with E-state index in [2.05, 4.69) is 22.4 Å². The molecule has 100 valence electrons. The fraction of sp³-hybridized carbons (Fsp3) is 0.583. The van der Waals surface area contributed by atoms with Gasteiger partial charge in [0.25, 0.3) is 0 Å². The zero-order chi connectivity index (χ0) is 13.7. The lowest BCUT2D eigenvalue weighted by atomic mass is 10.1. The van der Waals surface area contributed by atoms with Gasteiger partial charge in [-0.05, 0) is 25.3 Å². The average Bonchev–Trinajstić information content (AvgIpc) is 2.30. The molecule has 1 atom stereocenters. The van der Waals surface area contributed by atoms with Gasteiger partial charge < -0.3 is 15.8 Å². The Balaban J connectivity index is 2.89. The summed E-state index contributed by atoms with van der Waals surface area (Å²) in [5.74, 6) is 1.02. The van der Waals surface area contributed by atoms with Crippen molar-refractivity contribution in [1.29, 1.82) is 0 Å². The Bertz CT molecular complexity index is 436. The summed E-state index contributed by atoms with van der Waals surface area (Å²) in [4.78, 5) is 0.340. The van der Waals surface area contributed by atoms with Crippen molar-refractivity contribution in [2.24, 2.45) is 11.7 Å². The summed E-state index contributed by atoms with van der Waals surface area (Å²) >= 11 is 5.07. The molecule has 3 N–H and O–H groups in total. The molecule has 0 saturated heterocycles. The van der Waals surface area contributed by atoms with E-state index >= 15 is 0 Å². The summed E-state index contributed by atoms with van der Waals surface area (Å²) in [7, 11) is 1.69. The monoisotopic (exact) mass is 268 g/mol. The maximum Gasteiger partial charge on any atom is 0.159 e. The van der Waals surface area contributed by atoms with Crippen molar-refractivity contribution < 1.29 is 4.74 Å². The number of nitrogens with two attached hydrogens (primary N) is 1. The summed E-state index contributed by atoms with van der Waals surface area (Å²) in [5.41, 5.74) is 8.34. The number of aryl methyl sites for hydroxylation is 1. The Hall–Kier alpha value is -1.27. The number of rotatable bonds is 6. The van der Waals surface area contributed by atoms with E-state index in [0.29, 0.717) is 23.3 Å². The Morgan fingerprint density at radius 3 is 2.67 bits per heavy atom. The van der Waals surface area contributed by atoms with E-state index in [1.165, 1.54) is 0 Å². The summed E-state index contributed by atoms with van der Waals surface area (Å²) in [5, 5.41) is 11.4. The van der Waals surface area contributed by atoms with Crippen LogP contribution in [0.1, 0.15) is 23.7 Å². The molecule has 0 aliphatic carbocycles. The van der Waals surface area contributed by atoms with Crippen LogP contribution in [-0.4, -0.2) is 35.4 Å². The Morgan fingerprint density at radius 1 is 1.44 bits per heavy atom. The summed E-state index contributed by atoms with van der Waals surface area (Å²) in [6.07, 6.45) is 0. The van der Waals surface area contributed by atoms with Crippen molar-refractivity contribution in [2.45, 2.75) is 20.8 Å². The largest absolute Gasteiger partial charge is 0.389 e. The van der Waals surface area contributed by atoms with Crippen LogP contribution in [0.5, 0.6) is 0 Å². The van der Waals surface area contributed by atoms with Crippen LogP contribution in [0.4, 0.5) is 5.82 Å². The fourth-order valence-corrected chi connectivity index (χ4v) is 1.90. The number of hydrogen-bond donors (Lipinski definition) is 2. The average molecular weight is 268 g/mol. The van der Waals surface area contributed by atoms with Gasteiger partial charge in [-0.3, -0.25) is 0 Å². The Morgan fingerprint density at radius 2 is 2.11 bits per heavy atom. The second-order valence-corrected chi connectivity index (χ2v) is 4.88. The van der Waals surface area contributed by atoms with E-state index in [0.717, 1.165) is 23.4 Å². The minimum absolute atomic E-state index is 0.340. The molecular formula is C12H20N4OS. The number of thiocarbonyl (C=S) groups is 1. The molecule has 0 spiro atoms. The molecule has 1 heterocycles. The van der Waals surface area contributed by atoms with Crippen LogP contribution in [0.2, 0.25) is 0 Å². The standard InChI is InChI=1S/C12H20N4OS/c1-7(6-17-4)5-14-12-10(11(13)18)8(2)9(3)15-16-12/h7H,5-6H2,1-4H3,(H2,13,18)(H,14,16). The van der Waals surface area contributed by atoms with Gasteiger partial charge in [0.15, 0.2) is 5.82 Å². The van der Waals surface area contributed by atoms with E-state index in [-0.39, 0.29) is 0 Å². The van der Waals surface area contributed by atoms with Gasteiger partial charge in [-0.1, -0.05) is 19.1 Å². The smallest absolute Gasteiger partial charge is 0.159 e. The number of aromatic nitrogens is 2. The second kappa shape index (κ2) is 6.61. The highest BCUT2D eigenvalue weighted by molar-refractivity contribution is 7.80. The van der Waals surface area contributed by atoms with Crippen molar-refractivity contribution in [3.8, 4) is 0 Å². The van der Waals surface area contributed by atoms with Crippen molar-refractivity contribution >= 4 is 23.0 Å². The normalized spacial score (nSPS) is 12.2. The highest BCUT2D eigenvalue weighted by Gasteiger charge is 2.14. The molecule has 0 bridgehead atoms. The minimum atomic E-state index is 0.340. The SMILES string of the molecule is COCC(C)CNc1nnc(C)c(C)c1C(N)=S. The molecule has 0 fully saturated rings. The third-order valence-corrected chi connectivity index (χ3v) is 2.97. The summed E-state index contributed by atoms with van der Waals surface area (Å²) in [6.45, 7) is 7.35. The van der Waals surface area contributed by atoms with Crippen LogP contribution >= 0.6 is 12.2 Å². The number of ether oxygens (including phenoxy) is 1. The van der Waals surface area contributed by atoms with Gasteiger partial charge in [-0.2, -0.15) is 5.10 Å². The van der Waals surface area contributed by atoms with Crippen molar-refractivity contribution in [2.75, 3.05) is 25.6 Å². The molecule has 1 rings (SSSR count). The summed E-state index contributed by atoms with van der Waals surface area (Å²) in [6, 6.07) is 0.